The summed E-state index contributed by atoms with van der Waals surface area (Å²) >= 11 is 21.7. The Labute approximate surface area is 303 Å². The Balaban J connectivity index is 0.000000188. The van der Waals surface area contributed by atoms with E-state index in [0.29, 0.717) is 62.2 Å². The number of hydrogen-bond acceptors (Lipinski definition) is 6. The van der Waals surface area contributed by atoms with Crippen LogP contribution in [-0.2, 0) is 0 Å². The highest BCUT2D eigenvalue weighted by atomic mass is 35.5. The predicted molar refractivity (Wildman–Crippen MR) is 197 cm³/mol. The SMILES string of the molecule is CC(C)CNC(=O)c1ccc2c(c1)N=C(Cl)c1ccc(F)cc1S2.CCCCNC(=O)c1ccc2c(c1)N=C(Cl)c1cc(Cl)ccc1S2. The van der Waals surface area contributed by atoms with Crippen molar-refractivity contribution in [2.75, 3.05) is 13.1 Å². The smallest absolute Gasteiger partial charge is 0.251 e. The van der Waals surface area contributed by atoms with Gasteiger partial charge in [-0.3, -0.25) is 9.59 Å². The topological polar surface area (TPSA) is 82.9 Å². The van der Waals surface area contributed by atoms with E-state index in [1.54, 1.807) is 42.1 Å². The molecule has 0 spiro atoms. The number of halogens is 4. The van der Waals surface area contributed by atoms with Crippen molar-refractivity contribution in [1.29, 1.82) is 0 Å². The Kier molecular flexibility index (Phi) is 12.3. The average molecular weight is 742 g/mol. The molecule has 2 aliphatic rings. The summed E-state index contributed by atoms with van der Waals surface area (Å²) in [4.78, 5) is 36.8. The summed E-state index contributed by atoms with van der Waals surface area (Å²) in [5.74, 6) is -0.177. The Bertz CT molecular complexity index is 1930. The minimum absolute atomic E-state index is 0.0904. The van der Waals surface area contributed by atoms with Gasteiger partial charge in [0, 0.05) is 59.9 Å². The fourth-order valence-electron chi connectivity index (χ4n) is 4.62. The molecule has 0 bridgehead atoms. The molecule has 0 unspecified atom stereocenters. The number of benzene rings is 4. The van der Waals surface area contributed by atoms with Crippen LogP contribution in [0.25, 0.3) is 0 Å². The van der Waals surface area contributed by atoms with Gasteiger partial charge in [-0.1, -0.05) is 85.5 Å². The van der Waals surface area contributed by atoms with E-state index in [1.807, 2.05) is 44.2 Å². The van der Waals surface area contributed by atoms with Crippen LogP contribution in [0.5, 0.6) is 0 Å². The molecule has 0 fully saturated rings. The molecule has 0 saturated heterocycles. The van der Waals surface area contributed by atoms with Crippen LogP contribution in [0, 0.1) is 11.7 Å². The van der Waals surface area contributed by atoms with Crippen LogP contribution < -0.4 is 10.6 Å². The van der Waals surface area contributed by atoms with E-state index >= 15 is 0 Å². The van der Waals surface area contributed by atoms with Gasteiger partial charge in [0.1, 0.15) is 16.2 Å². The molecule has 2 N–H and O–H groups in total. The lowest BCUT2D eigenvalue weighted by Crippen LogP contribution is -2.27. The molecule has 6 rings (SSSR count). The van der Waals surface area contributed by atoms with Gasteiger partial charge in [-0.25, -0.2) is 14.4 Å². The molecule has 2 amide bonds. The van der Waals surface area contributed by atoms with E-state index in [-0.39, 0.29) is 22.8 Å². The third kappa shape index (κ3) is 9.01. The van der Waals surface area contributed by atoms with Gasteiger partial charge in [-0.15, -0.1) is 0 Å². The third-order valence-electron chi connectivity index (χ3n) is 7.14. The molecule has 4 aromatic rings. The molecule has 0 aliphatic carbocycles. The minimum atomic E-state index is -0.321. The van der Waals surface area contributed by atoms with Crippen LogP contribution >= 0.6 is 58.3 Å². The highest BCUT2D eigenvalue weighted by molar-refractivity contribution is 8.00. The number of hydrogen-bond donors (Lipinski definition) is 2. The zero-order valence-corrected chi connectivity index (χ0v) is 30.3. The van der Waals surface area contributed by atoms with Crippen LogP contribution in [0.1, 0.15) is 65.5 Å². The zero-order chi connectivity index (χ0) is 34.4. The van der Waals surface area contributed by atoms with Crippen molar-refractivity contribution in [2.24, 2.45) is 15.9 Å². The molecule has 4 aromatic carbocycles. The fourth-order valence-corrected chi connectivity index (χ4v) is 7.42. The van der Waals surface area contributed by atoms with Gasteiger partial charge in [0.05, 0.1) is 11.4 Å². The molecular weight excluding hydrogens is 710 g/mol. The second kappa shape index (κ2) is 16.4. The zero-order valence-electron chi connectivity index (χ0n) is 26.4. The maximum absolute atomic E-state index is 13.5. The first-order valence-corrected chi connectivity index (χ1v) is 18.1. The van der Waals surface area contributed by atoms with E-state index in [4.69, 9.17) is 34.8 Å². The number of aliphatic imine (C=N–C) groups is 2. The number of nitrogens with zero attached hydrogens (tertiary/aromatic N) is 2. The number of nitrogens with one attached hydrogen (secondary N) is 2. The second-order valence-corrected chi connectivity index (χ2v) is 14.7. The molecule has 0 aromatic heterocycles. The maximum Gasteiger partial charge on any atom is 0.251 e. The van der Waals surface area contributed by atoms with Gasteiger partial charge >= 0.3 is 0 Å². The van der Waals surface area contributed by atoms with Crippen LogP contribution in [0.2, 0.25) is 5.02 Å². The summed E-state index contributed by atoms with van der Waals surface area (Å²) in [6.45, 7) is 7.45. The lowest BCUT2D eigenvalue weighted by Gasteiger charge is -2.09. The summed E-state index contributed by atoms with van der Waals surface area (Å²) in [6, 6.07) is 20.8. The van der Waals surface area contributed by atoms with Crippen molar-refractivity contribution in [3.05, 3.63) is 106 Å². The summed E-state index contributed by atoms with van der Waals surface area (Å²) in [7, 11) is 0. The summed E-state index contributed by atoms with van der Waals surface area (Å²) in [6.07, 6.45) is 2.01. The van der Waals surface area contributed by atoms with Gasteiger partial charge in [-0.2, -0.15) is 0 Å². The first kappa shape index (κ1) is 36.0. The highest BCUT2D eigenvalue weighted by Crippen LogP contribution is 2.43. The molecule has 6 nitrogen and oxygen atoms in total. The molecule has 0 saturated carbocycles. The van der Waals surface area contributed by atoms with E-state index in [1.165, 1.54) is 23.9 Å². The molecular formula is C36H32Cl3FN4O2S2. The van der Waals surface area contributed by atoms with Crippen molar-refractivity contribution >= 4 is 91.9 Å². The maximum atomic E-state index is 13.5. The highest BCUT2D eigenvalue weighted by Gasteiger charge is 2.20. The fraction of sp³-hybridized carbons (Fsp3) is 0.222. The summed E-state index contributed by atoms with van der Waals surface area (Å²) in [5.41, 5.74) is 3.91. The molecule has 0 radical (unpaired) electrons. The van der Waals surface area contributed by atoms with Gasteiger partial charge in [0.2, 0.25) is 0 Å². The molecule has 248 valence electrons. The monoisotopic (exact) mass is 740 g/mol. The molecule has 48 heavy (non-hydrogen) atoms. The van der Waals surface area contributed by atoms with Crippen molar-refractivity contribution in [2.45, 2.75) is 53.2 Å². The minimum Gasteiger partial charge on any atom is -0.352 e. The Morgan fingerprint density at radius 1 is 0.729 bits per heavy atom. The van der Waals surface area contributed by atoms with Crippen molar-refractivity contribution in [3.8, 4) is 0 Å². The Morgan fingerprint density at radius 2 is 1.31 bits per heavy atom. The lowest BCUT2D eigenvalue weighted by molar-refractivity contribution is 0.0942. The van der Waals surface area contributed by atoms with Gasteiger partial charge < -0.3 is 10.6 Å². The number of amides is 2. The number of carbonyl (C=O) groups excluding carboxylic acids is 2. The van der Waals surface area contributed by atoms with Gasteiger partial charge in [-0.05, 0) is 85.1 Å². The van der Waals surface area contributed by atoms with E-state index in [2.05, 4.69) is 27.5 Å². The van der Waals surface area contributed by atoms with Crippen molar-refractivity contribution in [3.63, 3.8) is 0 Å². The predicted octanol–water partition coefficient (Wildman–Crippen LogP) is 10.6. The van der Waals surface area contributed by atoms with Crippen molar-refractivity contribution < 1.29 is 14.0 Å². The molecule has 0 atom stereocenters. The average Bonchev–Trinajstić information content (AvgIpc) is 3.28. The Hall–Kier alpha value is -3.34. The van der Waals surface area contributed by atoms with Crippen LogP contribution in [0.3, 0.4) is 0 Å². The van der Waals surface area contributed by atoms with Crippen LogP contribution in [0.15, 0.2) is 102 Å². The molecule has 2 heterocycles. The molecule has 2 aliphatic heterocycles. The first-order valence-electron chi connectivity index (χ1n) is 15.3. The first-order chi connectivity index (χ1) is 23.0. The molecule has 12 heteroatoms. The van der Waals surface area contributed by atoms with Gasteiger partial charge in [0.25, 0.3) is 11.8 Å². The van der Waals surface area contributed by atoms with Gasteiger partial charge in [0.15, 0.2) is 0 Å². The Morgan fingerprint density at radius 3 is 1.94 bits per heavy atom. The van der Waals surface area contributed by atoms with Crippen molar-refractivity contribution in [1.82, 2.24) is 10.6 Å². The lowest BCUT2D eigenvalue weighted by atomic mass is 10.1. The number of unbranched alkanes of at least 4 members (excludes halogenated alkanes) is 1. The van der Waals surface area contributed by atoms with Crippen LogP contribution in [0.4, 0.5) is 15.8 Å². The number of rotatable bonds is 7. The van der Waals surface area contributed by atoms with E-state index in [9.17, 15) is 14.0 Å². The number of carbonyl (C=O) groups is 2. The normalized spacial score (nSPS) is 12.8. The summed E-state index contributed by atoms with van der Waals surface area (Å²) < 4.78 is 13.5. The standard InChI is InChI=1S/C18H16Cl2N2OS.C18H16ClFN2OS/c1-2-3-8-21-18(23)11-4-6-16-14(9-11)22-17(20)13-10-12(19)5-7-15(13)24-16;1-10(2)9-21-18(23)11-3-6-15-14(7-11)22-17(19)13-5-4-12(20)8-16(13)24-15/h4-7,9-10H,2-3,8H2,1H3,(H,21,23);3-8,10H,9H2,1-2H3,(H,21,23). The van der Waals surface area contributed by atoms with E-state index < -0.39 is 0 Å². The third-order valence-corrected chi connectivity index (χ3v) is 10.2. The van der Waals surface area contributed by atoms with Crippen LogP contribution in [-0.4, -0.2) is 35.2 Å². The quantitative estimate of drug-likeness (QED) is 0.185. The largest absolute Gasteiger partial charge is 0.352 e. The number of fused-ring (bicyclic) bond motifs is 4. The van der Waals surface area contributed by atoms with E-state index in [0.717, 1.165) is 33.1 Å². The second-order valence-electron chi connectivity index (χ2n) is 11.4. The summed E-state index contributed by atoms with van der Waals surface area (Å²) in [5, 5.41) is 7.07.